The van der Waals surface area contributed by atoms with Gasteiger partial charge in [0.25, 0.3) is 0 Å². The number of methoxy groups -OCH3 is 1. The van der Waals surface area contributed by atoms with Crippen LogP contribution in [-0.4, -0.2) is 13.7 Å². The summed E-state index contributed by atoms with van der Waals surface area (Å²) in [7, 11) is 1.79. The van der Waals surface area contributed by atoms with E-state index in [-0.39, 0.29) is 5.41 Å². The van der Waals surface area contributed by atoms with Crippen LogP contribution in [0, 0.1) is 0 Å². The third-order valence-electron chi connectivity index (χ3n) is 4.64. The first-order valence-electron chi connectivity index (χ1n) is 7.52. The summed E-state index contributed by atoms with van der Waals surface area (Å²) >= 11 is 0. The number of rotatable bonds is 4. The van der Waals surface area contributed by atoms with Crippen molar-refractivity contribution >= 4 is 0 Å². The van der Waals surface area contributed by atoms with Crippen LogP contribution in [0.4, 0.5) is 0 Å². The fraction of sp³-hybridized carbons (Fsp3) is 0.647. The molecule has 0 heterocycles. The van der Waals surface area contributed by atoms with E-state index >= 15 is 0 Å². The molecule has 0 aromatic heterocycles. The molecule has 0 bridgehead atoms. The van der Waals surface area contributed by atoms with Gasteiger partial charge in [-0.2, -0.15) is 0 Å². The molecule has 2 N–H and O–H groups in total. The standard InChI is InChI=1S/C17H27NO/c1-13(2)14-8-7-9-15(16(14)19-3)17(12-18)10-5-4-6-11-17/h7-9,13H,4-6,10-12,18H2,1-3H3. The topological polar surface area (TPSA) is 35.2 Å². The minimum Gasteiger partial charge on any atom is -0.496 e. The Morgan fingerprint density at radius 3 is 2.42 bits per heavy atom. The minimum atomic E-state index is 0.133. The van der Waals surface area contributed by atoms with Crippen molar-refractivity contribution in [1.29, 1.82) is 0 Å². The van der Waals surface area contributed by atoms with Crippen LogP contribution in [-0.2, 0) is 5.41 Å². The number of hydrogen-bond acceptors (Lipinski definition) is 2. The van der Waals surface area contributed by atoms with E-state index in [9.17, 15) is 0 Å². The molecule has 1 aromatic rings. The van der Waals surface area contributed by atoms with E-state index in [1.165, 1.54) is 43.2 Å². The molecule has 1 fully saturated rings. The Balaban J connectivity index is 2.50. The maximum atomic E-state index is 6.16. The van der Waals surface area contributed by atoms with Crippen molar-refractivity contribution in [3.63, 3.8) is 0 Å². The largest absolute Gasteiger partial charge is 0.496 e. The normalized spacial score (nSPS) is 18.6. The van der Waals surface area contributed by atoms with Crippen molar-refractivity contribution in [2.24, 2.45) is 5.73 Å². The zero-order chi connectivity index (χ0) is 13.9. The van der Waals surface area contributed by atoms with Crippen molar-refractivity contribution in [3.05, 3.63) is 29.3 Å². The Hall–Kier alpha value is -1.02. The summed E-state index contributed by atoms with van der Waals surface area (Å²) in [5, 5.41) is 0. The van der Waals surface area contributed by atoms with Gasteiger partial charge in [-0.05, 0) is 24.3 Å². The maximum absolute atomic E-state index is 6.16. The summed E-state index contributed by atoms with van der Waals surface area (Å²) in [6.45, 7) is 5.17. The molecule has 0 amide bonds. The fourth-order valence-electron chi connectivity index (χ4n) is 3.47. The number of para-hydroxylation sites is 1. The Morgan fingerprint density at radius 1 is 1.21 bits per heavy atom. The van der Waals surface area contributed by atoms with E-state index in [1.807, 2.05) is 0 Å². The van der Waals surface area contributed by atoms with Gasteiger partial charge in [-0.15, -0.1) is 0 Å². The van der Waals surface area contributed by atoms with Crippen molar-refractivity contribution in [3.8, 4) is 5.75 Å². The number of ether oxygens (including phenoxy) is 1. The molecule has 0 aliphatic heterocycles. The van der Waals surface area contributed by atoms with Gasteiger partial charge in [0, 0.05) is 17.5 Å². The highest BCUT2D eigenvalue weighted by atomic mass is 16.5. The van der Waals surface area contributed by atoms with Gasteiger partial charge in [0.05, 0.1) is 7.11 Å². The van der Waals surface area contributed by atoms with Crippen LogP contribution in [0.2, 0.25) is 0 Å². The van der Waals surface area contributed by atoms with E-state index < -0.39 is 0 Å². The van der Waals surface area contributed by atoms with Crippen LogP contribution in [0.25, 0.3) is 0 Å². The molecule has 1 saturated carbocycles. The van der Waals surface area contributed by atoms with Crippen molar-refractivity contribution in [1.82, 2.24) is 0 Å². The van der Waals surface area contributed by atoms with Gasteiger partial charge >= 0.3 is 0 Å². The van der Waals surface area contributed by atoms with Crippen molar-refractivity contribution in [2.45, 2.75) is 57.3 Å². The first kappa shape index (κ1) is 14.4. The molecule has 2 rings (SSSR count). The van der Waals surface area contributed by atoms with Gasteiger partial charge in [-0.1, -0.05) is 51.3 Å². The van der Waals surface area contributed by atoms with E-state index in [2.05, 4.69) is 32.0 Å². The highest BCUT2D eigenvalue weighted by Gasteiger charge is 2.35. The van der Waals surface area contributed by atoms with Gasteiger partial charge in [0.2, 0.25) is 0 Å². The lowest BCUT2D eigenvalue weighted by Gasteiger charge is -2.38. The van der Waals surface area contributed by atoms with Crippen LogP contribution < -0.4 is 10.5 Å². The second kappa shape index (κ2) is 5.96. The van der Waals surface area contributed by atoms with E-state index in [0.29, 0.717) is 5.92 Å². The van der Waals surface area contributed by atoms with Crippen LogP contribution in [0.15, 0.2) is 18.2 Å². The summed E-state index contributed by atoms with van der Waals surface area (Å²) in [6.07, 6.45) is 6.30. The predicted molar refractivity (Wildman–Crippen MR) is 80.9 cm³/mol. The summed E-state index contributed by atoms with van der Waals surface area (Å²) in [5.41, 5.74) is 8.94. The lowest BCUT2D eigenvalue weighted by Crippen LogP contribution is -2.37. The zero-order valence-electron chi connectivity index (χ0n) is 12.5. The second-order valence-electron chi connectivity index (χ2n) is 6.13. The third kappa shape index (κ3) is 2.64. The molecule has 0 saturated heterocycles. The number of nitrogens with two attached hydrogens (primary N) is 1. The van der Waals surface area contributed by atoms with Crippen LogP contribution >= 0.6 is 0 Å². The molecule has 1 aliphatic rings. The first-order chi connectivity index (χ1) is 9.14. The lowest BCUT2D eigenvalue weighted by atomic mass is 9.68. The van der Waals surface area contributed by atoms with Gasteiger partial charge in [0.1, 0.15) is 5.75 Å². The van der Waals surface area contributed by atoms with Crippen LogP contribution in [0.5, 0.6) is 5.75 Å². The molecule has 0 spiro atoms. The van der Waals surface area contributed by atoms with Crippen LogP contribution in [0.1, 0.15) is 63.0 Å². The first-order valence-corrected chi connectivity index (χ1v) is 7.52. The molecule has 2 nitrogen and oxygen atoms in total. The number of hydrogen-bond donors (Lipinski definition) is 1. The van der Waals surface area contributed by atoms with Gasteiger partial charge < -0.3 is 10.5 Å². The van der Waals surface area contributed by atoms with E-state index in [4.69, 9.17) is 10.5 Å². The average Bonchev–Trinajstić information content (AvgIpc) is 2.47. The van der Waals surface area contributed by atoms with Crippen molar-refractivity contribution < 1.29 is 4.74 Å². The molecule has 0 atom stereocenters. The number of benzene rings is 1. The fourth-order valence-corrected chi connectivity index (χ4v) is 3.47. The molecule has 2 heteroatoms. The van der Waals surface area contributed by atoms with Crippen LogP contribution in [0.3, 0.4) is 0 Å². The molecule has 0 radical (unpaired) electrons. The predicted octanol–water partition coefficient (Wildman–Crippen LogP) is 3.98. The smallest absolute Gasteiger partial charge is 0.126 e. The Bertz CT molecular complexity index is 419. The monoisotopic (exact) mass is 261 g/mol. The molecule has 106 valence electrons. The Kier molecular flexibility index (Phi) is 4.51. The third-order valence-corrected chi connectivity index (χ3v) is 4.64. The summed E-state index contributed by atoms with van der Waals surface area (Å²) in [4.78, 5) is 0. The minimum absolute atomic E-state index is 0.133. The maximum Gasteiger partial charge on any atom is 0.126 e. The molecule has 0 unspecified atom stereocenters. The van der Waals surface area contributed by atoms with Crippen molar-refractivity contribution in [2.75, 3.05) is 13.7 Å². The summed E-state index contributed by atoms with van der Waals surface area (Å²) < 4.78 is 5.76. The Morgan fingerprint density at radius 2 is 1.89 bits per heavy atom. The molecule has 19 heavy (non-hydrogen) atoms. The lowest BCUT2D eigenvalue weighted by molar-refractivity contribution is 0.286. The SMILES string of the molecule is COc1c(C(C)C)cccc1C1(CN)CCCCC1. The van der Waals surface area contributed by atoms with E-state index in [1.54, 1.807) is 7.11 Å². The summed E-state index contributed by atoms with van der Waals surface area (Å²) in [6, 6.07) is 6.57. The van der Waals surface area contributed by atoms with E-state index in [0.717, 1.165) is 12.3 Å². The summed E-state index contributed by atoms with van der Waals surface area (Å²) in [5.74, 6) is 1.55. The highest BCUT2D eigenvalue weighted by Crippen LogP contribution is 2.44. The molecule has 1 aromatic carbocycles. The molecule has 1 aliphatic carbocycles. The molecular weight excluding hydrogens is 234 g/mol. The van der Waals surface area contributed by atoms with Gasteiger partial charge in [-0.25, -0.2) is 0 Å². The zero-order valence-corrected chi connectivity index (χ0v) is 12.5. The second-order valence-corrected chi connectivity index (χ2v) is 6.13. The quantitative estimate of drug-likeness (QED) is 0.889. The average molecular weight is 261 g/mol. The van der Waals surface area contributed by atoms with Gasteiger partial charge in [0.15, 0.2) is 0 Å². The molecular formula is C17H27NO. The Labute approximate surface area is 117 Å². The van der Waals surface area contributed by atoms with Gasteiger partial charge in [-0.3, -0.25) is 0 Å². The highest BCUT2D eigenvalue weighted by molar-refractivity contribution is 5.47.